The van der Waals surface area contributed by atoms with Crippen LogP contribution in [0, 0.1) is 5.92 Å². The Morgan fingerprint density at radius 1 is 0.971 bits per heavy atom. The normalized spacial score (nSPS) is 16.8. The summed E-state index contributed by atoms with van der Waals surface area (Å²) in [5.41, 5.74) is 2.83. The zero-order chi connectivity index (χ0) is 24.3. The first-order valence-electron chi connectivity index (χ1n) is 11.5. The predicted molar refractivity (Wildman–Crippen MR) is 135 cm³/mol. The Morgan fingerprint density at radius 3 is 2.32 bits per heavy atom. The highest BCUT2D eigenvalue weighted by Gasteiger charge is 2.23. The van der Waals surface area contributed by atoms with Crippen LogP contribution in [0.5, 0.6) is 0 Å². The largest absolute Gasteiger partial charge is 0.478 e. The molecule has 6 nitrogen and oxygen atoms in total. The van der Waals surface area contributed by atoms with Gasteiger partial charge in [-0.15, -0.1) is 0 Å². The first-order chi connectivity index (χ1) is 16.4. The molecule has 0 amide bonds. The summed E-state index contributed by atoms with van der Waals surface area (Å²) in [6, 6.07) is 26.5. The van der Waals surface area contributed by atoms with Gasteiger partial charge in [-0.25, -0.2) is 9.59 Å². The Bertz CT molecular complexity index is 1090. The smallest absolute Gasteiger partial charge is 0.328 e. The summed E-state index contributed by atoms with van der Waals surface area (Å²) in [5, 5.41) is 22.1. The minimum atomic E-state index is -1.26. The maximum Gasteiger partial charge on any atom is 0.328 e. The van der Waals surface area contributed by atoms with Crippen molar-refractivity contribution in [2.75, 3.05) is 19.6 Å². The summed E-state index contributed by atoms with van der Waals surface area (Å²) >= 11 is 0. The van der Waals surface area contributed by atoms with Crippen molar-refractivity contribution in [3.05, 3.63) is 96.1 Å². The van der Waals surface area contributed by atoms with Gasteiger partial charge in [0.05, 0.1) is 0 Å². The van der Waals surface area contributed by atoms with Crippen LogP contribution in [0.25, 0.3) is 10.8 Å². The van der Waals surface area contributed by atoms with E-state index in [0.717, 1.165) is 19.0 Å². The molecule has 3 aromatic rings. The molecule has 1 heterocycles. The number of hydrogen-bond acceptors (Lipinski definition) is 4. The zero-order valence-electron chi connectivity index (χ0n) is 19.4. The Morgan fingerprint density at radius 2 is 1.62 bits per heavy atom. The topological polar surface area (TPSA) is 89.9 Å². The number of likely N-dealkylation sites (tertiary alicyclic amines) is 1. The van der Waals surface area contributed by atoms with E-state index in [9.17, 15) is 9.59 Å². The van der Waals surface area contributed by atoms with Crippen molar-refractivity contribution in [1.29, 1.82) is 0 Å². The van der Waals surface area contributed by atoms with Crippen molar-refractivity contribution < 1.29 is 19.8 Å². The SMILES string of the molecule is C[C@@H](NC[C@H]1CCN(Cc2ccccc2)C1)c1cccc2ccccc12.O=C(O)C=CC(=O)O. The van der Waals surface area contributed by atoms with E-state index in [1.165, 1.54) is 41.4 Å². The van der Waals surface area contributed by atoms with Gasteiger partial charge in [-0.05, 0) is 54.3 Å². The van der Waals surface area contributed by atoms with Gasteiger partial charge in [-0.3, -0.25) is 4.90 Å². The van der Waals surface area contributed by atoms with Gasteiger partial charge >= 0.3 is 11.9 Å². The van der Waals surface area contributed by atoms with Gasteiger partial charge in [-0.1, -0.05) is 72.8 Å². The highest BCUT2D eigenvalue weighted by Crippen LogP contribution is 2.25. The van der Waals surface area contributed by atoms with Crippen LogP contribution >= 0.6 is 0 Å². The third kappa shape index (κ3) is 7.83. The molecule has 4 rings (SSSR count). The molecular formula is C28H32N2O4. The summed E-state index contributed by atoms with van der Waals surface area (Å²) < 4.78 is 0. The lowest BCUT2D eigenvalue weighted by molar-refractivity contribution is -0.134. The van der Waals surface area contributed by atoms with E-state index in [4.69, 9.17) is 10.2 Å². The molecule has 1 fully saturated rings. The van der Waals surface area contributed by atoms with Gasteiger partial charge in [0.2, 0.25) is 0 Å². The first kappa shape index (κ1) is 25.1. The quantitative estimate of drug-likeness (QED) is 0.421. The van der Waals surface area contributed by atoms with Crippen molar-refractivity contribution >= 4 is 22.7 Å². The molecule has 0 aromatic heterocycles. The van der Waals surface area contributed by atoms with E-state index >= 15 is 0 Å². The van der Waals surface area contributed by atoms with E-state index in [1.54, 1.807) is 0 Å². The van der Waals surface area contributed by atoms with Crippen LogP contribution in [0.15, 0.2) is 84.9 Å². The van der Waals surface area contributed by atoms with Gasteiger partial charge in [0, 0.05) is 31.3 Å². The molecule has 0 bridgehead atoms. The average Bonchev–Trinajstić information content (AvgIpc) is 3.29. The van der Waals surface area contributed by atoms with E-state index in [2.05, 4.69) is 89.9 Å². The van der Waals surface area contributed by atoms with Crippen molar-refractivity contribution in [3.63, 3.8) is 0 Å². The number of carboxylic acids is 2. The van der Waals surface area contributed by atoms with Crippen molar-refractivity contribution in [2.24, 2.45) is 5.92 Å². The van der Waals surface area contributed by atoms with Crippen LogP contribution < -0.4 is 5.32 Å². The summed E-state index contributed by atoms with van der Waals surface area (Å²) in [4.78, 5) is 21.7. The number of nitrogens with one attached hydrogen (secondary N) is 1. The molecule has 0 spiro atoms. The van der Waals surface area contributed by atoms with Gasteiger partial charge in [0.25, 0.3) is 0 Å². The lowest BCUT2D eigenvalue weighted by Crippen LogP contribution is -2.28. The summed E-state index contributed by atoms with van der Waals surface area (Å²) in [6.07, 6.45) is 2.41. The average molecular weight is 461 g/mol. The van der Waals surface area contributed by atoms with Gasteiger partial charge in [0.1, 0.15) is 0 Å². The van der Waals surface area contributed by atoms with Crippen LogP contribution in [0.3, 0.4) is 0 Å². The molecule has 178 valence electrons. The molecule has 6 heteroatoms. The first-order valence-corrected chi connectivity index (χ1v) is 11.5. The number of fused-ring (bicyclic) bond motifs is 1. The third-order valence-electron chi connectivity index (χ3n) is 5.99. The zero-order valence-corrected chi connectivity index (χ0v) is 19.4. The Hall–Kier alpha value is -3.48. The lowest BCUT2D eigenvalue weighted by atomic mass is 9.99. The summed E-state index contributed by atoms with van der Waals surface area (Å²) in [6.45, 7) is 6.87. The number of carboxylic acid groups (broad SMARTS) is 2. The van der Waals surface area contributed by atoms with Crippen LogP contribution in [-0.4, -0.2) is 46.7 Å². The summed E-state index contributed by atoms with van der Waals surface area (Å²) in [7, 11) is 0. The maximum absolute atomic E-state index is 9.55. The second-order valence-corrected chi connectivity index (χ2v) is 8.58. The number of hydrogen-bond donors (Lipinski definition) is 3. The van der Waals surface area contributed by atoms with Crippen LogP contribution in [0.4, 0.5) is 0 Å². The molecule has 0 unspecified atom stereocenters. The molecular weight excluding hydrogens is 428 g/mol. The fraction of sp³-hybridized carbons (Fsp3) is 0.286. The third-order valence-corrected chi connectivity index (χ3v) is 5.99. The molecule has 1 saturated heterocycles. The number of rotatable bonds is 8. The highest BCUT2D eigenvalue weighted by atomic mass is 16.4. The molecule has 0 saturated carbocycles. The van der Waals surface area contributed by atoms with Gasteiger partial charge in [-0.2, -0.15) is 0 Å². The molecule has 1 aliphatic rings. The second-order valence-electron chi connectivity index (χ2n) is 8.58. The predicted octanol–water partition coefficient (Wildman–Crippen LogP) is 4.72. The van der Waals surface area contributed by atoms with Crippen molar-refractivity contribution in [2.45, 2.75) is 25.9 Å². The molecule has 0 radical (unpaired) electrons. The Balaban J connectivity index is 0.000000350. The van der Waals surface area contributed by atoms with E-state index in [0.29, 0.717) is 18.2 Å². The lowest BCUT2D eigenvalue weighted by Gasteiger charge is -2.20. The number of benzene rings is 3. The maximum atomic E-state index is 9.55. The van der Waals surface area contributed by atoms with Gasteiger partial charge < -0.3 is 15.5 Å². The van der Waals surface area contributed by atoms with Crippen LogP contribution in [0.2, 0.25) is 0 Å². The van der Waals surface area contributed by atoms with Crippen molar-refractivity contribution in [1.82, 2.24) is 10.2 Å². The monoisotopic (exact) mass is 460 g/mol. The minimum Gasteiger partial charge on any atom is -0.478 e. The molecule has 3 N–H and O–H groups in total. The van der Waals surface area contributed by atoms with E-state index in [1.807, 2.05) is 0 Å². The summed E-state index contributed by atoms with van der Waals surface area (Å²) in [5.74, 6) is -1.77. The molecule has 34 heavy (non-hydrogen) atoms. The fourth-order valence-corrected chi connectivity index (χ4v) is 4.29. The van der Waals surface area contributed by atoms with Crippen molar-refractivity contribution in [3.8, 4) is 0 Å². The number of carbonyl (C=O) groups is 2. The van der Waals surface area contributed by atoms with Crippen LogP contribution in [0.1, 0.15) is 30.5 Å². The molecule has 1 aliphatic heterocycles. The van der Waals surface area contributed by atoms with Crippen LogP contribution in [-0.2, 0) is 16.1 Å². The minimum absolute atomic E-state index is 0.379. The highest BCUT2D eigenvalue weighted by molar-refractivity contribution is 5.89. The fourth-order valence-electron chi connectivity index (χ4n) is 4.29. The van der Waals surface area contributed by atoms with E-state index in [-0.39, 0.29) is 0 Å². The number of aliphatic carboxylic acids is 2. The van der Waals surface area contributed by atoms with E-state index < -0.39 is 11.9 Å². The Kier molecular flexibility index (Phi) is 9.38. The number of nitrogens with zero attached hydrogens (tertiary/aromatic N) is 1. The standard InChI is InChI=1S/C24H28N2.C4H4O4/c1-19(23-13-7-11-22-10-5-6-12-24(22)23)25-16-21-14-15-26(18-21)17-20-8-3-2-4-9-20;5-3(6)1-2-4(7)8/h2-13,19,21,25H,14-18H2,1H3;1-2H,(H,5,6)(H,7,8)/t19-,21-;/m1./s1. The molecule has 2 atom stereocenters. The molecule has 0 aliphatic carbocycles. The second kappa shape index (κ2) is 12.7. The van der Waals surface area contributed by atoms with Gasteiger partial charge in [0.15, 0.2) is 0 Å². The Labute approximate surface area is 200 Å². The molecule has 3 aromatic carbocycles.